The average molecular weight is 216 g/mol. The van der Waals surface area contributed by atoms with Crippen LogP contribution in [0, 0.1) is 0 Å². The number of aliphatic hydroxyl groups excluding tert-OH is 2. The molecule has 82 valence electrons. The summed E-state index contributed by atoms with van der Waals surface area (Å²) in [6, 6.07) is 8.53. The molecule has 0 aliphatic heterocycles. The second-order valence-corrected chi connectivity index (χ2v) is 3.42. The molecular weight excluding hydrogens is 204 g/mol. The summed E-state index contributed by atoms with van der Waals surface area (Å²) in [4.78, 5) is 7.85. The Bertz CT molecular complexity index is 390. The lowest BCUT2D eigenvalue weighted by Gasteiger charge is -2.17. The van der Waals surface area contributed by atoms with Crippen LogP contribution in [0.15, 0.2) is 48.9 Å². The van der Waals surface area contributed by atoms with Crippen molar-refractivity contribution in [2.75, 3.05) is 0 Å². The van der Waals surface area contributed by atoms with Gasteiger partial charge in [-0.25, -0.2) is 0 Å². The van der Waals surface area contributed by atoms with Gasteiger partial charge in [-0.05, 0) is 29.8 Å². The van der Waals surface area contributed by atoms with Crippen LogP contribution in [0.3, 0.4) is 0 Å². The van der Waals surface area contributed by atoms with Crippen molar-refractivity contribution >= 4 is 0 Å². The van der Waals surface area contributed by atoms with Crippen molar-refractivity contribution in [3.8, 4) is 0 Å². The van der Waals surface area contributed by atoms with Gasteiger partial charge in [0.25, 0.3) is 0 Å². The van der Waals surface area contributed by atoms with Gasteiger partial charge in [0.05, 0.1) is 5.69 Å². The van der Waals surface area contributed by atoms with E-state index in [1.54, 1.807) is 48.9 Å². The molecular formula is C12H12N2O2. The summed E-state index contributed by atoms with van der Waals surface area (Å²) in [5.41, 5.74) is 1.07. The largest absolute Gasteiger partial charge is 0.385 e. The topological polar surface area (TPSA) is 66.2 Å². The van der Waals surface area contributed by atoms with Gasteiger partial charge < -0.3 is 10.2 Å². The zero-order valence-electron chi connectivity index (χ0n) is 8.56. The summed E-state index contributed by atoms with van der Waals surface area (Å²) in [6.45, 7) is 0. The number of rotatable bonds is 3. The first-order chi connectivity index (χ1) is 7.79. The Morgan fingerprint density at radius 2 is 1.62 bits per heavy atom. The molecule has 2 aromatic rings. The van der Waals surface area contributed by atoms with E-state index in [9.17, 15) is 10.2 Å². The summed E-state index contributed by atoms with van der Waals surface area (Å²) >= 11 is 0. The quantitative estimate of drug-likeness (QED) is 0.810. The summed E-state index contributed by atoms with van der Waals surface area (Å²) in [5.74, 6) is 0. The molecule has 0 saturated carbocycles. The zero-order chi connectivity index (χ0) is 11.4. The lowest BCUT2D eigenvalue weighted by atomic mass is 10.0. The van der Waals surface area contributed by atoms with E-state index in [2.05, 4.69) is 9.97 Å². The van der Waals surface area contributed by atoms with Gasteiger partial charge in [-0.3, -0.25) is 9.97 Å². The Kier molecular flexibility index (Phi) is 3.24. The third-order valence-corrected chi connectivity index (χ3v) is 2.34. The van der Waals surface area contributed by atoms with Crippen molar-refractivity contribution in [3.63, 3.8) is 0 Å². The summed E-state index contributed by atoms with van der Waals surface area (Å²) in [7, 11) is 0. The fourth-order valence-corrected chi connectivity index (χ4v) is 1.46. The fourth-order valence-electron chi connectivity index (χ4n) is 1.46. The second kappa shape index (κ2) is 4.83. The maximum Gasteiger partial charge on any atom is 0.126 e. The zero-order valence-corrected chi connectivity index (χ0v) is 8.56. The molecule has 0 aliphatic rings. The Hall–Kier alpha value is -1.78. The number of aliphatic hydroxyl groups is 2. The smallest absolute Gasteiger partial charge is 0.126 e. The highest BCUT2D eigenvalue weighted by molar-refractivity contribution is 5.18. The van der Waals surface area contributed by atoms with E-state index in [1.807, 2.05) is 0 Å². The Labute approximate surface area is 93.2 Å². The predicted molar refractivity (Wildman–Crippen MR) is 58.4 cm³/mol. The van der Waals surface area contributed by atoms with Gasteiger partial charge in [0, 0.05) is 18.6 Å². The molecule has 2 unspecified atom stereocenters. The van der Waals surface area contributed by atoms with Gasteiger partial charge in [-0.1, -0.05) is 6.07 Å². The normalized spacial score (nSPS) is 14.4. The summed E-state index contributed by atoms with van der Waals surface area (Å²) in [5, 5.41) is 19.8. The highest BCUT2D eigenvalue weighted by Crippen LogP contribution is 2.26. The molecule has 2 heterocycles. The second-order valence-electron chi connectivity index (χ2n) is 3.42. The highest BCUT2D eigenvalue weighted by Gasteiger charge is 2.20. The number of hydrogen-bond acceptors (Lipinski definition) is 4. The molecule has 4 heteroatoms. The first-order valence-electron chi connectivity index (χ1n) is 4.96. The van der Waals surface area contributed by atoms with Crippen LogP contribution in [-0.2, 0) is 0 Å². The highest BCUT2D eigenvalue weighted by atomic mass is 16.3. The van der Waals surface area contributed by atoms with E-state index in [0.29, 0.717) is 11.3 Å². The predicted octanol–water partition coefficient (Wildman–Crippen LogP) is 1.24. The standard InChI is InChI=1S/C12H12N2O2/c15-11(9-4-7-13-8-5-9)12(16)10-3-1-2-6-14-10/h1-8,11-12,15-16H. The number of nitrogens with zero attached hydrogens (tertiary/aromatic N) is 2. The first kappa shape index (κ1) is 10.7. The SMILES string of the molecule is OC(c1ccncc1)C(O)c1ccccn1. The van der Waals surface area contributed by atoms with E-state index >= 15 is 0 Å². The van der Waals surface area contributed by atoms with Crippen LogP contribution in [0.4, 0.5) is 0 Å². The van der Waals surface area contributed by atoms with Crippen molar-refractivity contribution in [2.45, 2.75) is 12.2 Å². The van der Waals surface area contributed by atoms with E-state index in [1.165, 1.54) is 0 Å². The molecule has 2 N–H and O–H groups in total. The van der Waals surface area contributed by atoms with Gasteiger partial charge in [0.2, 0.25) is 0 Å². The lowest BCUT2D eigenvalue weighted by molar-refractivity contribution is 0.0146. The van der Waals surface area contributed by atoms with E-state index in [4.69, 9.17) is 0 Å². The van der Waals surface area contributed by atoms with Crippen LogP contribution in [0.2, 0.25) is 0 Å². The van der Waals surface area contributed by atoms with Crippen molar-refractivity contribution in [3.05, 3.63) is 60.2 Å². The molecule has 0 amide bonds. The monoisotopic (exact) mass is 216 g/mol. The van der Waals surface area contributed by atoms with Crippen molar-refractivity contribution < 1.29 is 10.2 Å². The maximum absolute atomic E-state index is 9.92. The number of aromatic nitrogens is 2. The van der Waals surface area contributed by atoms with Gasteiger partial charge in [-0.2, -0.15) is 0 Å². The molecule has 2 aromatic heterocycles. The van der Waals surface area contributed by atoms with Gasteiger partial charge in [-0.15, -0.1) is 0 Å². The van der Waals surface area contributed by atoms with Crippen LogP contribution >= 0.6 is 0 Å². The summed E-state index contributed by atoms with van der Waals surface area (Å²) in [6.07, 6.45) is 2.71. The molecule has 0 radical (unpaired) electrons. The third-order valence-electron chi connectivity index (χ3n) is 2.34. The lowest BCUT2D eigenvalue weighted by Crippen LogP contribution is -2.11. The first-order valence-corrected chi connectivity index (χ1v) is 4.96. The molecule has 0 saturated heterocycles. The minimum absolute atomic E-state index is 0.451. The van der Waals surface area contributed by atoms with Crippen molar-refractivity contribution in [1.82, 2.24) is 9.97 Å². The molecule has 16 heavy (non-hydrogen) atoms. The van der Waals surface area contributed by atoms with Crippen LogP contribution in [0.5, 0.6) is 0 Å². The van der Waals surface area contributed by atoms with E-state index in [0.717, 1.165) is 0 Å². The number of hydrogen-bond donors (Lipinski definition) is 2. The minimum Gasteiger partial charge on any atom is -0.385 e. The molecule has 0 spiro atoms. The Morgan fingerprint density at radius 3 is 2.25 bits per heavy atom. The van der Waals surface area contributed by atoms with Crippen LogP contribution < -0.4 is 0 Å². The van der Waals surface area contributed by atoms with Gasteiger partial charge in [0.15, 0.2) is 0 Å². The van der Waals surface area contributed by atoms with Crippen LogP contribution in [0.1, 0.15) is 23.5 Å². The summed E-state index contributed by atoms with van der Waals surface area (Å²) < 4.78 is 0. The molecule has 0 fully saturated rings. The average Bonchev–Trinajstić information content (AvgIpc) is 2.39. The number of pyridine rings is 2. The van der Waals surface area contributed by atoms with Gasteiger partial charge in [0.1, 0.15) is 12.2 Å². The third kappa shape index (κ3) is 2.24. The molecule has 0 bridgehead atoms. The maximum atomic E-state index is 9.92. The fraction of sp³-hybridized carbons (Fsp3) is 0.167. The Balaban J connectivity index is 2.20. The molecule has 2 atom stereocenters. The molecule has 2 rings (SSSR count). The van der Waals surface area contributed by atoms with E-state index < -0.39 is 12.2 Å². The molecule has 0 aromatic carbocycles. The van der Waals surface area contributed by atoms with Gasteiger partial charge >= 0.3 is 0 Å². The molecule has 4 nitrogen and oxygen atoms in total. The minimum atomic E-state index is -1.02. The van der Waals surface area contributed by atoms with E-state index in [-0.39, 0.29) is 0 Å². The van der Waals surface area contributed by atoms with Crippen molar-refractivity contribution in [2.24, 2.45) is 0 Å². The van der Waals surface area contributed by atoms with Crippen LogP contribution in [0.25, 0.3) is 0 Å². The van der Waals surface area contributed by atoms with Crippen LogP contribution in [-0.4, -0.2) is 20.2 Å². The molecule has 0 aliphatic carbocycles. The van der Waals surface area contributed by atoms with Crippen molar-refractivity contribution in [1.29, 1.82) is 0 Å². The Morgan fingerprint density at radius 1 is 0.875 bits per heavy atom.